The van der Waals surface area contributed by atoms with Crippen molar-refractivity contribution in [2.45, 2.75) is 45.6 Å². The third-order valence-electron chi connectivity index (χ3n) is 6.94. The van der Waals surface area contributed by atoms with E-state index in [0.29, 0.717) is 17.7 Å². The average molecular weight is 379 g/mol. The molecule has 28 heavy (non-hydrogen) atoms. The third kappa shape index (κ3) is 2.59. The lowest BCUT2D eigenvalue weighted by atomic mass is 9.88. The second-order valence-electron chi connectivity index (χ2n) is 9.30. The number of hydrogen-bond donors (Lipinski definition) is 0. The molecular weight excluding hydrogens is 348 g/mol. The highest BCUT2D eigenvalue weighted by molar-refractivity contribution is 5.82. The van der Waals surface area contributed by atoms with E-state index >= 15 is 0 Å². The fourth-order valence-corrected chi connectivity index (χ4v) is 5.13. The summed E-state index contributed by atoms with van der Waals surface area (Å²) in [5, 5.41) is 0. The summed E-state index contributed by atoms with van der Waals surface area (Å²) in [5.41, 5.74) is 2.32. The van der Waals surface area contributed by atoms with Gasteiger partial charge in [0.2, 0.25) is 5.91 Å². The quantitative estimate of drug-likeness (QED) is 0.812. The molecule has 2 aromatic heterocycles. The van der Waals surface area contributed by atoms with E-state index in [9.17, 15) is 4.79 Å². The molecule has 1 aliphatic carbocycles. The smallest absolute Gasteiger partial charge is 0.226 e. The van der Waals surface area contributed by atoms with Gasteiger partial charge in [0.1, 0.15) is 5.54 Å². The molecule has 5 rings (SSSR count). The summed E-state index contributed by atoms with van der Waals surface area (Å²) in [4.78, 5) is 22.4. The number of fused-ring (bicyclic) bond motifs is 4. The molecule has 0 radical (unpaired) electrons. The minimum absolute atomic E-state index is 0.151. The Morgan fingerprint density at radius 2 is 2.14 bits per heavy atom. The number of carbonyl (C=O) groups is 1. The zero-order valence-electron chi connectivity index (χ0n) is 17.1. The lowest BCUT2D eigenvalue weighted by Gasteiger charge is -2.47. The van der Waals surface area contributed by atoms with E-state index in [0.717, 1.165) is 44.7 Å². The number of nitrogens with zero attached hydrogens (tertiary/aromatic N) is 4. The van der Waals surface area contributed by atoms with Gasteiger partial charge >= 0.3 is 0 Å². The molecule has 5 nitrogen and oxygen atoms in total. The van der Waals surface area contributed by atoms with Crippen molar-refractivity contribution in [3.63, 3.8) is 0 Å². The molecule has 0 N–H and O–H groups in total. The van der Waals surface area contributed by atoms with Gasteiger partial charge in [-0.15, -0.1) is 0 Å². The van der Waals surface area contributed by atoms with Gasteiger partial charge in [-0.2, -0.15) is 0 Å². The van der Waals surface area contributed by atoms with Crippen LogP contribution in [0.4, 0.5) is 5.69 Å². The number of pyridine rings is 1. The van der Waals surface area contributed by atoms with Crippen LogP contribution in [0.25, 0.3) is 5.82 Å². The van der Waals surface area contributed by atoms with Gasteiger partial charge in [-0.05, 0) is 55.4 Å². The second-order valence-corrected chi connectivity index (χ2v) is 9.30. The minimum Gasteiger partial charge on any atom is -0.355 e. The van der Waals surface area contributed by atoms with Gasteiger partial charge in [0.05, 0.1) is 11.4 Å². The molecular formula is C23H30N4O. The van der Waals surface area contributed by atoms with Crippen LogP contribution in [0.3, 0.4) is 0 Å². The molecule has 1 saturated carbocycles. The summed E-state index contributed by atoms with van der Waals surface area (Å²) in [7, 11) is 0. The normalized spacial score (nSPS) is 28.0. The van der Waals surface area contributed by atoms with Crippen LogP contribution < -0.4 is 4.90 Å². The van der Waals surface area contributed by atoms with Crippen LogP contribution in [-0.4, -0.2) is 40.0 Å². The number of anilines is 1. The van der Waals surface area contributed by atoms with Gasteiger partial charge < -0.3 is 14.4 Å². The van der Waals surface area contributed by atoms with Gasteiger partial charge in [-0.3, -0.25) is 4.79 Å². The maximum absolute atomic E-state index is 13.0. The Hall–Kier alpha value is -2.30. The van der Waals surface area contributed by atoms with E-state index in [1.54, 1.807) is 0 Å². The van der Waals surface area contributed by atoms with Crippen molar-refractivity contribution in [2.75, 3.05) is 24.5 Å². The highest BCUT2D eigenvalue weighted by Crippen LogP contribution is 2.48. The topological polar surface area (TPSA) is 41.4 Å². The molecule has 0 bridgehead atoms. The summed E-state index contributed by atoms with van der Waals surface area (Å²) in [6.45, 7) is 9.37. The molecule has 4 heterocycles. The van der Waals surface area contributed by atoms with Crippen LogP contribution in [0, 0.1) is 17.8 Å². The number of amides is 1. The largest absolute Gasteiger partial charge is 0.355 e. The Morgan fingerprint density at radius 1 is 1.32 bits per heavy atom. The highest BCUT2D eigenvalue weighted by Gasteiger charge is 2.52. The minimum atomic E-state index is -0.151. The molecule has 3 aliphatic rings. The molecule has 3 atom stereocenters. The summed E-state index contributed by atoms with van der Waals surface area (Å²) < 4.78 is 2.24. The van der Waals surface area contributed by atoms with Crippen molar-refractivity contribution in [2.24, 2.45) is 17.8 Å². The van der Waals surface area contributed by atoms with E-state index in [1.807, 2.05) is 12.3 Å². The summed E-state index contributed by atoms with van der Waals surface area (Å²) in [5.74, 6) is 2.82. The van der Waals surface area contributed by atoms with Crippen molar-refractivity contribution in [1.29, 1.82) is 0 Å². The van der Waals surface area contributed by atoms with E-state index in [4.69, 9.17) is 4.98 Å². The molecule has 2 aliphatic heterocycles. The number of aromatic nitrogens is 2. The molecule has 2 fully saturated rings. The maximum atomic E-state index is 13.0. The van der Waals surface area contributed by atoms with Crippen LogP contribution in [0.2, 0.25) is 0 Å². The first kappa shape index (κ1) is 17.8. The Morgan fingerprint density at radius 3 is 2.89 bits per heavy atom. The van der Waals surface area contributed by atoms with Gasteiger partial charge in [0, 0.05) is 37.9 Å². The van der Waals surface area contributed by atoms with Gasteiger partial charge in [0.25, 0.3) is 0 Å². The van der Waals surface area contributed by atoms with Crippen molar-refractivity contribution < 1.29 is 4.79 Å². The first-order valence-electron chi connectivity index (χ1n) is 10.7. The number of rotatable bonds is 4. The van der Waals surface area contributed by atoms with Crippen LogP contribution in [0.15, 0.2) is 36.7 Å². The first-order valence-corrected chi connectivity index (χ1v) is 10.7. The molecule has 148 valence electrons. The second kappa shape index (κ2) is 6.36. The number of likely N-dealkylation sites (tertiary alicyclic amines) is 1. The van der Waals surface area contributed by atoms with Crippen molar-refractivity contribution in [1.82, 2.24) is 14.5 Å². The molecule has 1 saturated heterocycles. The summed E-state index contributed by atoms with van der Waals surface area (Å²) in [6.07, 6.45) is 7.17. The number of hydrogen-bond acceptors (Lipinski definition) is 3. The fraction of sp³-hybridized carbons (Fsp3) is 0.565. The lowest BCUT2D eigenvalue weighted by molar-refractivity contribution is -0.132. The maximum Gasteiger partial charge on any atom is 0.226 e. The van der Waals surface area contributed by atoms with Crippen LogP contribution in [0.1, 0.15) is 45.7 Å². The van der Waals surface area contributed by atoms with Crippen molar-refractivity contribution >= 4 is 11.6 Å². The van der Waals surface area contributed by atoms with Gasteiger partial charge in [-0.1, -0.05) is 20.8 Å². The van der Waals surface area contributed by atoms with Crippen LogP contribution >= 0.6 is 0 Å². The molecule has 0 unspecified atom stereocenters. The Labute approximate surface area is 167 Å². The standard InChI is InChI=1S/C23H30N4O/c1-16(2)8-12-27-19-6-4-10-24-21(19)26-11-5-7-20(26)23(27)9-13-25(15-23)22(28)18-14-17(18)3/h4-7,10-11,16-18H,8-9,12-15H2,1-3H3/t17-,18+,23-/m1/s1. The van der Waals surface area contributed by atoms with Crippen LogP contribution in [-0.2, 0) is 10.3 Å². The zero-order chi connectivity index (χ0) is 19.5. The van der Waals surface area contributed by atoms with Crippen molar-refractivity contribution in [3.8, 4) is 5.82 Å². The predicted molar refractivity (Wildman–Crippen MR) is 111 cm³/mol. The summed E-state index contributed by atoms with van der Waals surface area (Å²) >= 11 is 0. The zero-order valence-corrected chi connectivity index (χ0v) is 17.1. The molecule has 1 amide bonds. The molecule has 1 spiro atoms. The Bertz CT molecular complexity index is 904. The Kier molecular flexibility index (Phi) is 4.04. The predicted octanol–water partition coefficient (Wildman–Crippen LogP) is 3.82. The fourth-order valence-electron chi connectivity index (χ4n) is 5.13. The van der Waals surface area contributed by atoms with E-state index in [-0.39, 0.29) is 11.5 Å². The molecule has 0 aromatic carbocycles. The monoisotopic (exact) mass is 378 g/mol. The van der Waals surface area contributed by atoms with E-state index < -0.39 is 0 Å². The van der Waals surface area contributed by atoms with Crippen LogP contribution in [0.5, 0.6) is 0 Å². The van der Waals surface area contributed by atoms with E-state index in [1.165, 1.54) is 11.4 Å². The number of carbonyl (C=O) groups excluding carboxylic acids is 1. The average Bonchev–Trinajstić information content (AvgIpc) is 3.09. The molecule has 5 heteroatoms. The summed E-state index contributed by atoms with van der Waals surface area (Å²) in [6, 6.07) is 8.58. The Balaban J connectivity index is 1.56. The first-order chi connectivity index (χ1) is 13.5. The highest BCUT2D eigenvalue weighted by atomic mass is 16.2. The van der Waals surface area contributed by atoms with E-state index in [2.05, 4.69) is 59.5 Å². The third-order valence-corrected chi connectivity index (χ3v) is 6.94. The molecule has 2 aromatic rings. The SMILES string of the molecule is CC(C)CCN1c2cccnc2-n2cccc2[C@]12CCN(C(=O)[C@H]1C[C@H]1C)C2. The van der Waals surface area contributed by atoms with Gasteiger partial charge in [-0.25, -0.2) is 4.98 Å². The van der Waals surface area contributed by atoms with Gasteiger partial charge in [0.15, 0.2) is 5.82 Å². The van der Waals surface area contributed by atoms with Crippen molar-refractivity contribution in [3.05, 3.63) is 42.4 Å². The lowest BCUT2D eigenvalue weighted by Crippen LogP contribution is -2.53.